The molecule has 0 radical (unpaired) electrons. The van der Waals surface area contributed by atoms with Gasteiger partial charge < -0.3 is 4.90 Å². The van der Waals surface area contributed by atoms with Crippen LogP contribution in [-0.4, -0.2) is 13.1 Å². The van der Waals surface area contributed by atoms with Gasteiger partial charge in [-0.1, -0.05) is 46.9 Å². The molecule has 94 valence electrons. The average Bonchev–Trinajstić information content (AvgIpc) is 2.38. The monoisotopic (exact) mass is 315 g/mol. The summed E-state index contributed by atoms with van der Waals surface area (Å²) in [6.07, 6.45) is 3.93. The number of nitrogens with zero attached hydrogens (tertiary/aromatic N) is 1. The Bertz CT molecular complexity index is 372. The van der Waals surface area contributed by atoms with Crippen molar-refractivity contribution >= 4 is 33.2 Å². The second-order valence-corrected chi connectivity index (χ2v) is 5.68. The Balaban J connectivity index is 2.15. The van der Waals surface area contributed by atoms with Crippen LogP contribution in [0.1, 0.15) is 31.7 Å². The Morgan fingerprint density at radius 1 is 1.35 bits per heavy atom. The molecule has 0 bridgehead atoms. The molecule has 1 saturated heterocycles. The molecule has 0 aliphatic carbocycles. The molecule has 17 heavy (non-hydrogen) atoms. The molecule has 0 N–H and O–H groups in total. The van der Waals surface area contributed by atoms with Crippen molar-refractivity contribution in [3.63, 3.8) is 0 Å². The molecule has 0 aromatic heterocycles. The number of piperidine rings is 1. The molecular weight excluding hydrogens is 298 g/mol. The summed E-state index contributed by atoms with van der Waals surface area (Å²) in [5.74, 6) is 0.915. The van der Waals surface area contributed by atoms with Crippen molar-refractivity contribution in [1.82, 2.24) is 0 Å². The number of rotatable bonds is 3. The summed E-state index contributed by atoms with van der Waals surface area (Å²) in [4.78, 5) is 2.48. The summed E-state index contributed by atoms with van der Waals surface area (Å²) in [6, 6.07) is 6.21. The first-order valence-electron chi connectivity index (χ1n) is 6.34. The molecule has 0 amide bonds. The lowest BCUT2D eigenvalue weighted by atomic mass is 9.94. The van der Waals surface area contributed by atoms with Gasteiger partial charge in [-0.3, -0.25) is 0 Å². The van der Waals surface area contributed by atoms with Gasteiger partial charge >= 0.3 is 0 Å². The van der Waals surface area contributed by atoms with Crippen molar-refractivity contribution in [3.05, 3.63) is 28.8 Å². The Morgan fingerprint density at radius 2 is 2.06 bits per heavy atom. The third kappa shape index (κ3) is 2.97. The highest BCUT2D eigenvalue weighted by Gasteiger charge is 2.20. The maximum Gasteiger partial charge on any atom is 0.0467 e. The Morgan fingerprint density at radius 3 is 2.65 bits per heavy atom. The van der Waals surface area contributed by atoms with Gasteiger partial charge in [0.15, 0.2) is 0 Å². The summed E-state index contributed by atoms with van der Waals surface area (Å²) >= 11 is 9.79. The molecule has 0 spiro atoms. The predicted octanol–water partition coefficient (Wildman–Crippen LogP) is 4.86. The topological polar surface area (TPSA) is 3.24 Å². The minimum atomic E-state index is 0.829. The van der Waals surface area contributed by atoms with Gasteiger partial charge in [-0.2, -0.15) is 0 Å². The van der Waals surface area contributed by atoms with Crippen LogP contribution in [0.5, 0.6) is 0 Å². The normalized spacial score (nSPS) is 17.5. The zero-order valence-corrected chi connectivity index (χ0v) is 12.6. The molecule has 0 unspecified atom stereocenters. The van der Waals surface area contributed by atoms with E-state index < -0.39 is 0 Å². The maximum absolute atomic E-state index is 6.25. The van der Waals surface area contributed by atoms with Crippen LogP contribution in [0.4, 0.5) is 5.69 Å². The molecule has 2 rings (SSSR count). The zero-order valence-electron chi connectivity index (χ0n) is 10.3. The molecule has 0 saturated carbocycles. The van der Waals surface area contributed by atoms with E-state index in [1.54, 1.807) is 0 Å². The molecule has 0 atom stereocenters. The summed E-state index contributed by atoms with van der Waals surface area (Å²) in [5.41, 5.74) is 2.54. The van der Waals surface area contributed by atoms with Crippen LogP contribution in [0.2, 0.25) is 5.02 Å². The van der Waals surface area contributed by atoms with Gasteiger partial charge in [-0.15, -0.1) is 0 Å². The van der Waals surface area contributed by atoms with Gasteiger partial charge in [0.05, 0.1) is 0 Å². The van der Waals surface area contributed by atoms with Crippen LogP contribution in [0.3, 0.4) is 0 Å². The second-order valence-electron chi connectivity index (χ2n) is 4.71. The minimum Gasteiger partial charge on any atom is -0.371 e. The van der Waals surface area contributed by atoms with Gasteiger partial charge in [0.1, 0.15) is 0 Å². The van der Waals surface area contributed by atoms with Crippen LogP contribution < -0.4 is 4.90 Å². The van der Waals surface area contributed by atoms with E-state index in [9.17, 15) is 0 Å². The molecule has 1 nitrogen and oxygen atoms in total. The Hall–Kier alpha value is -0.210. The number of anilines is 1. The summed E-state index contributed by atoms with van der Waals surface area (Å²) in [6.45, 7) is 4.63. The van der Waals surface area contributed by atoms with Gasteiger partial charge in [0.25, 0.3) is 0 Å². The Kier molecular flexibility index (Phi) is 4.75. The molecular formula is C14H19BrClN. The molecule has 1 heterocycles. The van der Waals surface area contributed by atoms with Gasteiger partial charge in [-0.05, 0) is 30.9 Å². The summed E-state index contributed by atoms with van der Waals surface area (Å²) in [7, 11) is 0. The van der Waals surface area contributed by atoms with Crippen LogP contribution in [0, 0.1) is 5.92 Å². The highest BCUT2D eigenvalue weighted by atomic mass is 79.9. The number of benzene rings is 1. The third-order valence-electron chi connectivity index (χ3n) is 3.76. The highest BCUT2D eigenvalue weighted by Crippen LogP contribution is 2.32. The van der Waals surface area contributed by atoms with Crippen molar-refractivity contribution in [3.8, 4) is 0 Å². The largest absolute Gasteiger partial charge is 0.371 e. The van der Waals surface area contributed by atoms with Gasteiger partial charge in [0.2, 0.25) is 0 Å². The number of alkyl halides is 1. The lowest BCUT2D eigenvalue weighted by Gasteiger charge is -2.34. The smallest absolute Gasteiger partial charge is 0.0467 e. The van der Waals surface area contributed by atoms with Gasteiger partial charge in [0, 0.05) is 34.7 Å². The first-order valence-corrected chi connectivity index (χ1v) is 7.84. The van der Waals surface area contributed by atoms with Crippen LogP contribution >= 0.6 is 27.5 Å². The predicted molar refractivity (Wildman–Crippen MR) is 79.3 cm³/mol. The third-order valence-corrected chi connectivity index (χ3v) is 4.68. The first-order chi connectivity index (χ1) is 8.26. The highest BCUT2D eigenvalue weighted by molar-refractivity contribution is 9.08. The van der Waals surface area contributed by atoms with Crippen LogP contribution in [0.15, 0.2) is 18.2 Å². The molecule has 1 aromatic carbocycles. The van der Waals surface area contributed by atoms with Crippen LogP contribution in [-0.2, 0) is 5.33 Å². The summed E-state index contributed by atoms with van der Waals surface area (Å²) in [5, 5.41) is 1.70. The first kappa shape index (κ1) is 13.2. The average molecular weight is 317 g/mol. The number of halogens is 2. The lowest BCUT2D eigenvalue weighted by molar-refractivity contribution is 0.395. The van der Waals surface area contributed by atoms with Crippen LogP contribution in [0.25, 0.3) is 0 Å². The van der Waals surface area contributed by atoms with Crippen molar-refractivity contribution in [2.45, 2.75) is 31.5 Å². The zero-order chi connectivity index (χ0) is 12.3. The molecule has 1 aliphatic heterocycles. The fourth-order valence-corrected chi connectivity index (χ4v) is 3.55. The second kappa shape index (κ2) is 6.10. The van der Waals surface area contributed by atoms with Gasteiger partial charge in [-0.25, -0.2) is 0 Å². The quantitative estimate of drug-likeness (QED) is 0.720. The number of hydrogen-bond acceptors (Lipinski definition) is 1. The SMILES string of the molecule is CCC1CCN(c2cccc(Cl)c2CBr)CC1. The molecule has 1 aromatic rings. The van der Waals surface area contributed by atoms with E-state index in [1.807, 2.05) is 6.07 Å². The van der Waals surface area contributed by atoms with Crippen molar-refractivity contribution in [2.24, 2.45) is 5.92 Å². The van der Waals surface area contributed by atoms with E-state index in [-0.39, 0.29) is 0 Å². The molecule has 1 aliphatic rings. The standard InChI is InChI=1S/C14H19BrClN/c1-2-11-6-8-17(9-7-11)14-5-3-4-13(16)12(14)10-15/h3-5,11H,2,6-10H2,1H3. The van der Waals surface area contributed by atoms with E-state index >= 15 is 0 Å². The number of hydrogen-bond donors (Lipinski definition) is 0. The van der Waals surface area contributed by atoms with Crippen molar-refractivity contribution in [2.75, 3.05) is 18.0 Å². The van der Waals surface area contributed by atoms with E-state index in [1.165, 1.54) is 43.6 Å². The molecule has 3 heteroatoms. The molecule has 1 fully saturated rings. The van der Waals surface area contributed by atoms with E-state index in [2.05, 4.69) is 39.9 Å². The fraction of sp³-hybridized carbons (Fsp3) is 0.571. The van der Waals surface area contributed by atoms with Crippen molar-refractivity contribution < 1.29 is 0 Å². The fourth-order valence-electron chi connectivity index (χ4n) is 2.56. The minimum absolute atomic E-state index is 0.829. The maximum atomic E-state index is 6.25. The van der Waals surface area contributed by atoms with Crippen molar-refractivity contribution in [1.29, 1.82) is 0 Å². The Labute approximate surface area is 117 Å². The van der Waals surface area contributed by atoms with E-state index in [0.717, 1.165) is 16.3 Å². The van der Waals surface area contributed by atoms with E-state index in [4.69, 9.17) is 11.6 Å². The van der Waals surface area contributed by atoms with E-state index in [0.29, 0.717) is 0 Å². The lowest BCUT2D eigenvalue weighted by Crippen LogP contribution is -2.34. The summed E-state index contributed by atoms with van der Waals surface area (Å²) < 4.78 is 0.